The number of hydrogen-bond donors (Lipinski definition) is 3. The Morgan fingerprint density at radius 2 is 0.682 bits per heavy atom. The number of carbonyl (C=O) groups is 2. The molecule has 44 heavy (non-hydrogen) atoms. The van der Waals surface area contributed by atoms with Gasteiger partial charge in [0.05, 0.1) is 0 Å². The van der Waals surface area contributed by atoms with E-state index in [0.29, 0.717) is 0 Å². The van der Waals surface area contributed by atoms with Crippen molar-refractivity contribution in [3.63, 3.8) is 0 Å². The lowest BCUT2D eigenvalue weighted by Crippen LogP contribution is -2.41. The van der Waals surface area contributed by atoms with E-state index in [1.807, 2.05) is 0 Å². The van der Waals surface area contributed by atoms with E-state index in [9.17, 15) is 19.8 Å². The minimum atomic E-state index is -2.16. The van der Waals surface area contributed by atoms with Crippen LogP contribution in [-0.4, -0.2) is 45.6 Å². The second-order valence-corrected chi connectivity index (χ2v) is 13.4. The van der Waals surface area contributed by atoms with E-state index in [2.05, 4.69) is 13.8 Å². The quantitative estimate of drug-likeness (QED) is 0.0477. The first-order chi connectivity index (χ1) is 21.4. The van der Waals surface area contributed by atoms with E-state index in [1.165, 1.54) is 161 Å². The molecular formula is C38H74O6. The predicted molar refractivity (Wildman–Crippen MR) is 184 cm³/mol. The van der Waals surface area contributed by atoms with E-state index in [-0.39, 0.29) is 6.10 Å². The minimum absolute atomic E-state index is 0.336. The third-order valence-corrected chi connectivity index (χ3v) is 9.09. The van der Waals surface area contributed by atoms with E-state index >= 15 is 0 Å². The maximum Gasteiger partial charge on any atom is 0.338 e. The fourth-order valence-corrected chi connectivity index (χ4v) is 6.07. The number of ether oxygens (including phenoxy) is 1. The molecule has 262 valence electrons. The summed E-state index contributed by atoms with van der Waals surface area (Å²) in [7, 11) is 0. The van der Waals surface area contributed by atoms with Crippen LogP contribution in [0.4, 0.5) is 0 Å². The van der Waals surface area contributed by atoms with Crippen molar-refractivity contribution in [2.75, 3.05) is 0 Å². The molecule has 0 aliphatic rings. The molecular weight excluding hydrogens is 552 g/mol. The van der Waals surface area contributed by atoms with Gasteiger partial charge in [-0.3, -0.25) is 0 Å². The van der Waals surface area contributed by atoms with Gasteiger partial charge in [0.15, 0.2) is 12.2 Å². The van der Waals surface area contributed by atoms with Crippen LogP contribution in [0.2, 0.25) is 0 Å². The maximum absolute atomic E-state index is 12.3. The number of carboxylic acids is 1. The highest BCUT2D eigenvalue weighted by Crippen LogP contribution is 2.19. The Morgan fingerprint density at radius 1 is 0.432 bits per heavy atom. The van der Waals surface area contributed by atoms with Gasteiger partial charge in [0, 0.05) is 0 Å². The van der Waals surface area contributed by atoms with Gasteiger partial charge in [-0.05, 0) is 25.7 Å². The molecule has 0 bridgehead atoms. The Hall–Kier alpha value is -1.14. The minimum Gasteiger partial charge on any atom is -0.479 e. The average Bonchev–Trinajstić information content (AvgIpc) is 3.01. The Labute approximate surface area is 272 Å². The van der Waals surface area contributed by atoms with Crippen molar-refractivity contribution in [1.29, 1.82) is 0 Å². The maximum atomic E-state index is 12.3. The zero-order valence-electron chi connectivity index (χ0n) is 29.2. The standard InChI is InChI=1S/C38H74O6/c1-3-5-7-9-11-13-15-17-19-21-23-25-27-29-31-33-34(44-38(43)36(40)35(39)37(41)42)32-30-28-26-24-22-20-18-16-14-12-10-8-6-4-2/h34-36,39-40H,3-33H2,1-2H3,(H,41,42). The predicted octanol–water partition coefficient (Wildman–Crippen LogP) is 10.8. The summed E-state index contributed by atoms with van der Waals surface area (Å²) in [6.45, 7) is 4.53. The summed E-state index contributed by atoms with van der Waals surface area (Å²) in [4.78, 5) is 23.3. The summed E-state index contributed by atoms with van der Waals surface area (Å²) >= 11 is 0. The van der Waals surface area contributed by atoms with Gasteiger partial charge in [0.25, 0.3) is 0 Å². The summed E-state index contributed by atoms with van der Waals surface area (Å²) < 4.78 is 5.50. The van der Waals surface area contributed by atoms with Gasteiger partial charge in [0.1, 0.15) is 6.10 Å². The molecule has 6 heteroatoms. The van der Waals surface area contributed by atoms with Gasteiger partial charge in [-0.15, -0.1) is 0 Å². The van der Waals surface area contributed by atoms with Crippen molar-refractivity contribution in [2.24, 2.45) is 0 Å². The number of hydrogen-bond acceptors (Lipinski definition) is 5. The Morgan fingerprint density at radius 3 is 0.932 bits per heavy atom. The molecule has 0 saturated carbocycles. The second-order valence-electron chi connectivity index (χ2n) is 13.4. The molecule has 0 aromatic rings. The van der Waals surface area contributed by atoms with Gasteiger partial charge in [-0.25, -0.2) is 9.59 Å². The van der Waals surface area contributed by atoms with Gasteiger partial charge < -0.3 is 20.1 Å². The topological polar surface area (TPSA) is 104 Å². The second kappa shape index (κ2) is 33.2. The number of aliphatic carboxylic acids is 1. The zero-order valence-corrected chi connectivity index (χ0v) is 29.2. The van der Waals surface area contributed by atoms with E-state index < -0.39 is 24.1 Å². The fourth-order valence-electron chi connectivity index (χ4n) is 6.07. The fraction of sp³-hybridized carbons (Fsp3) is 0.947. The van der Waals surface area contributed by atoms with Crippen LogP contribution in [0.5, 0.6) is 0 Å². The van der Waals surface area contributed by atoms with Gasteiger partial charge >= 0.3 is 11.9 Å². The van der Waals surface area contributed by atoms with Crippen LogP contribution in [0.3, 0.4) is 0 Å². The normalized spacial score (nSPS) is 13.5. The molecule has 3 unspecified atom stereocenters. The summed E-state index contributed by atoms with van der Waals surface area (Å²) in [6, 6.07) is 0. The Bertz CT molecular complexity index is 624. The van der Waals surface area contributed by atoms with Crippen molar-refractivity contribution in [1.82, 2.24) is 0 Å². The molecule has 0 rings (SSSR count). The molecule has 0 aromatic carbocycles. The van der Waals surface area contributed by atoms with Crippen molar-refractivity contribution in [3.8, 4) is 0 Å². The van der Waals surface area contributed by atoms with E-state index in [0.717, 1.165) is 38.5 Å². The number of esters is 1. The van der Waals surface area contributed by atoms with Crippen molar-refractivity contribution in [3.05, 3.63) is 0 Å². The van der Waals surface area contributed by atoms with E-state index in [1.54, 1.807) is 0 Å². The van der Waals surface area contributed by atoms with Crippen LogP contribution in [0.15, 0.2) is 0 Å². The summed E-state index contributed by atoms with van der Waals surface area (Å²) in [5, 5.41) is 28.4. The molecule has 0 heterocycles. The summed E-state index contributed by atoms with van der Waals surface area (Å²) in [5.74, 6) is -2.66. The lowest BCUT2D eigenvalue weighted by atomic mass is 10.0. The van der Waals surface area contributed by atoms with Crippen LogP contribution in [0.1, 0.15) is 213 Å². The van der Waals surface area contributed by atoms with E-state index in [4.69, 9.17) is 9.84 Å². The number of aliphatic hydroxyl groups is 2. The smallest absolute Gasteiger partial charge is 0.338 e. The highest BCUT2D eigenvalue weighted by atomic mass is 16.6. The van der Waals surface area contributed by atoms with Crippen LogP contribution in [-0.2, 0) is 14.3 Å². The average molecular weight is 627 g/mol. The highest BCUT2D eigenvalue weighted by Gasteiger charge is 2.32. The van der Waals surface area contributed by atoms with Gasteiger partial charge in [-0.2, -0.15) is 0 Å². The monoisotopic (exact) mass is 627 g/mol. The van der Waals surface area contributed by atoms with Crippen molar-refractivity contribution in [2.45, 2.75) is 231 Å². The number of unbranched alkanes of at least 4 members (excludes halogenated alkanes) is 27. The van der Waals surface area contributed by atoms with Crippen LogP contribution in [0, 0.1) is 0 Å². The van der Waals surface area contributed by atoms with Gasteiger partial charge in [-0.1, -0.05) is 187 Å². The summed E-state index contributed by atoms with van der Waals surface area (Å²) in [5.41, 5.74) is 0. The molecule has 3 N–H and O–H groups in total. The molecule has 0 aliphatic heterocycles. The van der Waals surface area contributed by atoms with Crippen molar-refractivity contribution >= 4 is 11.9 Å². The Balaban J connectivity index is 4.05. The van der Waals surface area contributed by atoms with Crippen LogP contribution in [0.25, 0.3) is 0 Å². The molecule has 0 aromatic heterocycles. The third-order valence-electron chi connectivity index (χ3n) is 9.09. The van der Waals surface area contributed by atoms with Crippen LogP contribution >= 0.6 is 0 Å². The van der Waals surface area contributed by atoms with Crippen molar-refractivity contribution < 1.29 is 29.6 Å². The number of aliphatic hydroxyl groups excluding tert-OH is 2. The third kappa shape index (κ3) is 28.3. The molecule has 6 nitrogen and oxygen atoms in total. The Kier molecular flexibility index (Phi) is 32.4. The lowest BCUT2D eigenvalue weighted by molar-refractivity contribution is -0.174. The molecule has 0 fully saturated rings. The number of carbonyl (C=O) groups excluding carboxylic acids is 1. The first-order valence-electron chi connectivity index (χ1n) is 19.2. The molecule has 3 atom stereocenters. The molecule has 0 spiro atoms. The molecule has 0 amide bonds. The van der Waals surface area contributed by atoms with Gasteiger partial charge in [0.2, 0.25) is 0 Å². The molecule has 0 saturated heterocycles. The largest absolute Gasteiger partial charge is 0.479 e. The first kappa shape index (κ1) is 42.9. The molecule has 0 radical (unpaired) electrons. The molecule has 0 aliphatic carbocycles. The van der Waals surface area contributed by atoms with Crippen LogP contribution < -0.4 is 0 Å². The lowest BCUT2D eigenvalue weighted by Gasteiger charge is -2.21. The number of carboxylic acid groups (broad SMARTS) is 1. The highest BCUT2D eigenvalue weighted by molar-refractivity contribution is 5.84. The number of rotatable bonds is 35. The SMILES string of the molecule is CCCCCCCCCCCCCCCCCC(CCCCCCCCCCCCCCCC)OC(=O)C(O)C(O)C(=O)O. The summed E-state index contributed by atoms with van der Waals surface area (Å²) in [6.07, 6.45) is 34.3. The zero-order chi connectivity index (χ0) is 32.5. The first-order valence-corrected chi connectivity index (χ1v) is 19.2.